The van der Waals surface area contributed by atoms with E-state index in [4.69, 9.17) is 5.11 Å². The van der Waals surface area contributed by atoms with E-state index in [1.165, 1.54) is 11.6 Å². The number of nitrogens with zero attached hydrogens (tertiary/aromatic N) is 5. The van der Waals surface area contributed by atoms with Crippen molar-refractivity contribution in [2.24, 2.45) is 14.1 Å². The van der Waals surface area contributed by atoms with Gasteiger partial charge in [-0.15, -0.1) is 0 Å². The molecule has 140 valence electrons. The van der Waals surface area contributed by atoms with Crippen LogP contribution in [0.15, 0.2) is 46.1 Å². The van der Waals surface area contributed by atoms with Crippen LogP contribution in [0.4, 0.5) is 0 Å². The maximum atomic E-state index is 12.7. The zero-order valence-electron chi connectivity index (χ0n) is 15.3. The first-order chi connectivity index (χ1) is 13.0. The zero-order valence-corrected chi connectivity index (χ0v) is 15.3. The molecule has 0 amide bonds. The van der Waals surface area contributed by atoms with E-state index in [0.29, 0.717) is 29.9 Å². The van der Waals surface area contributed by atoms with Gasteiger partial charge < -0.3 is 9.67 Å². The summed E-state index contributed by atoms with van der Waals surface area (Å²) in [6, 6.07) is 9.89. The number of imidazole rings is 2. The number of aryl methyl sites for hydroxylation is 2. The standard InChI is InChI=1S/C19H21N5O3/c1-21-16-15(17(26)22(2)19(21)27)24-12-14(13-8-4-3-5-9-13)23(18(24)20-16)10-6-7-11-25/h3-5,8-9,12,25H,6-7,10-11H2,1-2H3. The molecule has 1 N–H and O–H groups in total. The molecule has 0 bridgehead atoms. The highest BCUT2D eigenvalue weighted by Gasteiger charge is 2.20. The van der Waals surface area contributed by atoms with Crippen LogP contribution in [0.1, 0.15) is 12.8 Å². The van der Waals surface area contributed by atoms with Crippen LogP contribution in [-0.2, 0) is 20.6 Å². The third-order valence-corrected chi connectivity index (χ3v) is 4.92. The third-order valence-electron chi connectivity index (χ3n) is 4.92. The van der Waals surface area contributed by atoms with Crippen LogP contribution in [0.3, 0.4) is 0 Å². The van der Waals surface area contributed by atoms with Crippen LogP contribution in [0, 0.1) is 0 Å². The van der Waals surface area contributed by atoms with Gasteiger partial charge in [0.1, 0.15) is 0 Å². The smallest absolute Gasteiger partial charge is 0.332 e. The lowest BCUT2D eigenvalue weighted by molar-refractivity contribution is 0.281. The van der Waals surface area contributed by atoms with Gasteiger partial charge in [0.2, 0.25) is 5.78 Å². The fourth-order valence-corrected chi connectivity index (χ4v) is 3.46. The molecule has 0 radical (unpaired) electrons. The minimum atomic E-state index is -0.400. The van der Waals surface area contributed by atoms with Gasteiger partial charge >= 0.3 is 5.69 Å². The molecule has 27 heavy (non-hydrogen) atoms. The molecule has 0 aliphatic carbocycles. The van der Waals surface area contributed by atoms with Crippen LogP contribution in [0.5, 0.6) is 0 Å². The van der Waals surface area contributed by atoms with E-state index < -0.39 is 5.69 Å². The Kier molecular flexibility index (Phi) is 4.19. The Bertz CT molecular complexity index is 1240. The Hall–Kier alpha value is -3.13. The molecule has 3 aromatic heterocycles. The molecule has 0 saturated carbocycles. The van der Waals surface area contributed by atoms with Crippen molar-refractivity contribution in [3.05, 3.63) is 57.4 Å². The largest absolute Gasteiger partial charge is 0.396 e. The summed E-state index contributed by atoms with van der Waals surface area (Å²) in [5.41, 5.74) is 1.94. The summed E-state index contributed by atoms with van der Waals surface area (Å²) in [5.74, 6) is 0.611. The summed E-state index contributed by atoms with van der Waals surface area (Å²) < 4.78 is 6.29. The number of hydrogen-bond acceptors (Lipinski definition) is 4. The predicted molar refractivity (Wildman–Crippen MR) is 103 cm³/mol. The Balaban J connectivity index is 2.06. The minimum absolute atomic E-state index is 0.129. The fraction of sp³-hybridized carbons (Fsp3) is 0.316. The molecule has 8 nitrogen and oxygen atoms in total. The van der Waals surface area contributed by atoms with E-state index >= 15 is 0 Å². The highest BCUT2D eigenvalue weighted by molar-refractivity contribution is 5.78. The van der Waals surface area contributed by atoms with E-state index in [-0.39, 0.29) is 12.2 Å². The Morgan fingerprint density at radius 1 is 1.04 bits per heavy atom. The molecule has 1 aromatic carbocycles. The number of hydrogen-bond donors (Lipinski definition) is 1. The Morgan fingerprint density at radius 2 is 1.78 bits per heavy atom. The number of rotatable bonds is 5. The molecule has 8 heteroatoms. The number of benzene rings is 1. The number of aliphatic hydroxyl groups excluding tert-OH is 1. The van der Waals surface area contributed by atoms with Crippen molar-refractivity contribution >= 4 is 16.9 Å². The van der Waals surface area contributed by atoms with Gasteiger partial charge in [0.05, 0.1) is 5.69 Å². The summed E-state index contributed by atoms with van der Waals surface area (Å²) >= 11 is 0. The monoisotopic (exact) mass is 367 g/mol. The lowest BCUT2D eigenvalue weighted by Crippen LogP contribution is -2.37. The molecular weight excluding hydrogens is 346 g/mol. The topological polar surface area (TPSA) is 86.5 Å². The van der Waals surface area contributed by atoms with E-state index in [1.807, 2.05) is 41.1 Å². The van der Waals surface area contributed by atoms with Gasteiger partial charge in [-0.05, 0) is 18.4 Å². The van der Waals surface area contributed by atoms with Crippen molar-refractivity contribution in [3.8, 4) is 11.3 Å². The quantitative estimate of drug-likeness (QED) is 0.536. The van der Waals surface area contributed by atoms with Crippen molar-refractivity contribution in [3.63, 3.8) is 0 Å². The van der Waals surface area contributed by atoms with Crippen LogP contribution < -0.4 is 11.2 Å². The van der Waals surface area contributed by atoms with Crippen molar-refractivity contribution in [1.29, 1.82) is 0 Å². The summed E-state index contributed by atoms with van der Waals surface area (Å²) in [6.45, 7) is 0.780. The van der Waals surface area contributed by atoms with E-state index in [0.717, 1.165) is 22.2 Å². The Morgan fingerprint density at radius 3 is 2.48 bits per heavy atom. The lowest BCUT2D eigenvalue weighted by Gasteiger charge is -2.08. The molecule has 4 aromatic rings. The van der Waals surface area contributed by atoms with Gasteiger partial charge in [0.25, 0.3) is 5.56 Å². The van der Waals surface area contributed by atoms with E-state index in [2.05, 4.69) is 4.98 Å². The molecule has 0 atom stereocenters. The first kappa shape index (κ1) is 17.3. The van der Waals surface area contributed by atoms with Crippen molar-refractivity contribution in [2.45, 2.75) is 19.4 Å². The van der Waals surface area contributed by atoms with Crippen LogP contribution >= 0.6 is 0 Å². The lowest BCUT2D eigenvalue weighted by atomic mass is 10.1. The Labute approximate surface area is 154 Å². The molecule has 0 saturated heterocycles. The molecule has 0 unspecified atom stereocenters. The van der Waals surface area contributed by atoms with Crippen LogP contribution in [0.2, 0.25) is 0 Å². The van der Waals surface area contributed by atoms with Gasteiger partial charge in [-0.25, -0.2) is 4.79 Å². The number of unbranched alkanes of at least 4 members (excludes halogenated alkanes) is 1. The van der Waals surface area contributed by atoms with Gasteiger partial charge in [0, 0.05) is 33.4 Å². The maximum absolute atomic E-state index is 12.7. The molecule has 0 spiro atoms. The average Bonchev–Trinajstić information content (AvgIpc) is 3.22. The van der Waals surface area contributed by atoms with Crippen LogP contribution in [0.25, 0.3) is 28.2 Å². The second-order valence-corrected chi connectivity index (χ2v) is 6.62. The summed E-state index contributed by atoms with van der Waals surface area (Å²) in [4.78, 5) is 29.6. The first-order valence-corrected chi connectivity index (χ1v) is 8.88. The van der Waals surface area contributed by atoms with E-state index in [9.17, 15) is 9.59 Å². The average molecular weight is 367 g/mol. The third kappa shape index (κ3) is 2.60. The molecular formula is C19H21N5O3. The zero-order chi connectivity index (χ0) is 19.1. The predicted octanol–water partition coefficient (Wildman–Crippen LogP) is 1.13. The van der Waals surface area contributed by atoms with Gasteiger partial charge in [-0.2, -0.15) is 4.98 Å². The van der Waals surface area contributed by atoms with Crippen molar-refractivity contribution < 1.29 is 5.11 Å². The molecule has 0 fully saturated rings. The minimum Gasteiger partial charge on any atom is -0.396 e. The van der Waals surface area contributed by atoms with Crippen LogP contribution in [-0.4, -0.2) is 34.8 Å². The highest BCUT2D eigenvalue weighted by atomic mass is 16.3. The summed E-state index contributed by atoms with van der Waals surface area (Å²) in [6.07, 6.45) is 3.35. The summed E-state index contributed by atoms with van der Waals surface area (Å²) in [5, 5.41) is 9.13. The highest BCUT2D eigenvalue weighted by Crippen LogP contribution is 2.25. The number of aromatic nitrogens is 5. The normalized spacial score (nSPS) is 11.7. The molecule has 3 heterocycles. The second-order valence-electron chi connectivity index (χ2n) is 6.62. The van der Waals surface area contributed by atoms with Crippen molar-refractivity contribution in [1.82, 2.24) is 23.1 Å². The SMILES string of the molecule is Cn1c(=O)c2c(nc3n(CCCCO)c(-c4ccccc4)cn23)n(C)c1=O. The van der Waals surface area contributed by atoms with Crippen molar-refractivity contribution in [2.75, 3.05) is 6.61 Å². The molecule has 4 rings (SSSR count). The first-order valence-electron chi connectivity index (χ1n) is 8.88. The van der Waals surface area contributed by atoms with Gasteiger partial charge in [-0.3, -0.25) is 18.3 Å². The molecule has 0 aliphatic rings. The summed E-state index contributed by atoms with van der Waals surface area (Å²) in [7, 11) is 3.09. The molecule has 0 aliphatic heterocycles. The van der Waals surface area contributed by atoms with Gasteiger partial charge in [-0.1, -0.05) is 30.3 Å². The number of fused-ring (bicyclic) bond motifs is 3. The number of aliphatic hydroxyl groups is 1. The second kappa shape index (κ2) is 6.55. The van der Waals surface area contributed by atoms with Gasteiger partial charge in [0.15, 0.2) is 11.2 Å². The maximum Gasteiger partial charge on any atom is 0.332 e. The van der Waals surface area contributed by atoms with E-state index in [1.54, 1.807) is 11.4 Å². The fourth-order valence-electron chi connectivity index (χ4n) is 3.46.